The predicted octanol–water partition coefficient (Wildman–Crippen LogP) is 3.21. The molecule has 2 rings (SSSR count). The van der Waals surface area contributed by atoms with E-state index in [1.165, 1.54) is 16.6 Å². The lowest BCUT2D eigenvalue weighted by Crippen LogP contribution is -2.42. The van der Waals surface area contributed by atoms with E-state index in [2.05, 4.69) is 26.8 Å². The third kappa shape index (κ3) is 5.53. The molecule has 7 heteroatoms. The topological polar surface area (TPSA) is 58.2 Å². The molecule has 0 unspecified atom stereocenters. The Bertz CT molecular complexity index is 600. The third-order valence-corrected chi connectivity index (χ3v) is 5.05. The maximum Gasteiger partial charge on any atom is 0.269 e. The van der Waals surface area contributed by atoms with E-state index >= 15 is 0 Å². The molecule has 0 fully saturated rings. The molecule has 0 saturated heterocycles. The van der Waals surface area contributed by atoms with Crippen molar-refractivity contribution in [3.8, 4) is 0 Å². The number of halogens is 1. The number of carbonyl (C=O) groups is 2. The second-order valence-corrected chi connectivity index (χ2v) is 7.01. The van der Waals surface area contributed by atoms with Gasteiger partial charge >= 0.3 is 0 Å². The molecule has 0 spiro atoms. The van der Waals surface area contributed by atoms with E-state index in [0.29, 0.717) is 11.3 Å². The first-order valence-corrected chi connectivity index (χ1v) is 8.93. The van der Waals surface area contributed by atoms with E-state index in [9.17, 15) is 9.59 Å². The molecule has 0 aliphatic heterocycles. The molecule has 1 aromatic carbocycles. The molecule has 0 saturated carbocycles. The summed E-state index contributed by atoms with van der Waals surface area (Å²) < 4.78 is 0.896. The highest BCUT2D eigenvalue weighted by Crippen LogP contribution is 2.16. The molecule has 110 valence electrons. The van der Waals surface area contributed by atoms with Gasteiger partial charge in [0.2, 0.25) is 5.91 Å². The number of benzene rings is 1. The summed E-state index contributed by atoms with van der Waals surface area (Å²) in [6.45, 7) is 0. The fourth-order valence-corrected chi connectivity index (χ4v) is 3.41. The van der Waals surface area contributed by atoms with Gasteiger partial charge in [-0.2, -0.15) is 0 Å². The summed E-state index contributed by atoms with van der Waals surface area (Å²) in [5.41, 5.74) is 5.30. The van der Waals surface area contributed by atoms with Crippen molar-refractivity contribution in [3.63, 3.8) is 0 Å². The van der Waals surface area contributed by atoms with Crippen LogP contribution in [0.2, 0.25) is 0 Å². The Labute approximate surface area is 139 Å². The average Bonchev–Trinajstić information content (AvgIpc) is 2.99. The molecular formula is C14H13BrN2O2S2. The standard InChI is InChI=1S/C14H13BrN2O2S2/c15-11-5-3-10(4-6-11)14(19)17-16-13(18)9-20-8-12-2-1-7-21-12/h1-7H,8-9H2,(H,16,18)(H,17,19). The molecule has 0 atom stereocenters. The molecule has 1 heterocycles. The fraction of sp³-hybridized carbons (Fsp3) is 0.143. The van der Waals surface area contributed by atoms with Crippen molar-refractivity contribution >= 4 is 50.8 Å². The molecule has 4 nitrogen and oxygen atoms in total. The van der Waals surface area contributed by atoms with Gasteiger partial charge in [-0.05, 0) is 35.7 Å². The summed E-state index contributed by atoms with van der Waals surface area (Å²) in [6.07, 6.45) is 0. The first-order chi connectivity index (χ1) is 10.1. The van der Waals surface area contributed by atoms with E-state index in [-0.39, 0.29) is 11.8 Å². The summed E-state index contributed by atoms with van der Waals surface area (Å²) in [5.74, 6) is 0.547. The van der Waals surface area contributed by atoms with E-state index < -0.39 is 0 Å². The molecule has 21 heavy (non-hydrogen) atoms. The van der Waals surface area contributed by atoms with Crippen LogP contribution >= 0.6 is 39.0 Å². The fourth-order valence-electron chi connectivity index (χ4n) is 1.48. The van der Waals surface area contributed by atoms with Crippen LogP contribution in [0.1, 0.15) is 15.2 Å². The Balaban J connectivity index is 1.68. The number of hydrogen-bond donors (Lipinski definition) is 2. The van der Waals surface area contributed by atoms with Gasteiger partial charge < -0.3 is 0 Å². The number of rotatable bonds is 5. The summed E-state index contributed by atoms with van der Waals surface area (Å²) in [7, 11) is 0. The number of nitrogens with one attached hydrogen (secondary N) is 2. The lowest BCUT2D eigenvalue weighted by molar-refractivity contribution is -0.119. The second-order valence-electron chi connectivity index (χ2n) is 4.08. The highest BCUT2D eigenvalue weighted by Gasteiger charge is 2.07. The second kappa shape index (κ2) is 8.21. The minimum atomic E-state index is -0.334. The van der Waals surface area contributed by atoms with Crippen LogP contribution < -0.4 is 10.9 Å². The monoisotopic (exact) mass is 384 g/mol. The lowest BCUT2D eigenvalue weighted by Gasteiger charge is -2.07. The molecular weight excluding hydrogens is 372 g/mol. The zero-order valence-corrected chi connectivity index (χ0v) is 14.2. The highest BCUT2D eigenvalue weighted by atomic mass is 79.9. The first-order valence-electron chi connectivity index (χ1n) is 6.10. The largest absolute Gasteiger partial charge is 0.272 e. The average molecular weight is 385 g/mol. The van der Waals surface area contributed by atoms with Crippen molar-refractivity contribution in [1.29, 1.82) is 0 Å². The molecule has 0 bridgehead atoms. The van der Waals surface area contributed by atoms with E-state index in [1.54, 1.807) is 35.6 Å². The molecule has 0 aliphatic carbocycles. The van der Waals surface area contributed by atoms with Crippen LogP contribution in [-0.4, -0.2) is 17.6 Å². The SMILES string of the molecule is O=C(CSCc1cccs1)NNC(=O)c1ccc(Br)cc1. The predicted molar refractivity (Wildman–Crippen MR) is 90.2 cm³/mol. The number of amides is 2. The summed E-state index contributed by atoms with van der Waals surface area (Å²) in [5, 5.41) is 2.01. The van der Waals surface area contributed by atoms with Crippen LogP contribution in [0, 0.1) is 0 Å². The zero-order chi connectivity index (χ0) is 15.1. The maximum atomic E-state index is 11.8. The Kier molecular flexibility index (Phi) is 6.28. The van der Waals surface area contributed by atoms with Crippen LogP contribution in [0.3, 0.4) is 0 Å². The Morgan fingerprint density at radius 3 is 2.57 bits per heavy atom. The number of hydrogen-bond acceptors (Lipinski definition) is 4. The molecule has 0 radical (unpaired) electrons. The van der Waals surface area contributed by atoms with Crippen LogP contribution in [0.4, 0.5) is 0 Å². The summed E-state index contributed by atoms with van der Waals surface area (Å²) in [4.78, 5) is 24.6. The van der Waals surface area contributed by atoms with Gasteiger partial charge in [0.1, 0.15) is 0 Å². The molecule has 2 N–H and O–H groups in total. The highest BCUT2D eigenvalue weighted by molar-refractivity contribution is 9.10. The Morgan fingerprint density at radius 1 is 1.14 bits per heavy atom. The summed E-state index contributed by atoms with van der Waals surface area (Å²) in [6, 6.07) is 10.9. The van der Waals surface area contributed by atoms with Gasteiger partial charge in [-0.3, -0.25) is 20.4 Å². The van der Waals surface area contributed by atoms with Crippen LogP contribution in [0.15, 0.2) is 46.3 Å². The minimum absolute atomic E-state index is 0.220. The van der Waals surface area contributed by atoms with E-state index in [4.69, 9.17) is 0 Å². The third-order valence-electron chi connectivity index (χ3n) is 2.48. The smallest absolute Gasteiger partial charge is 0.269 e. The van der Waals surface area contributed by atoms with Gasteiger partial charge in [-0.15, -0.1) is 23.1 Å². The van der Waals surface area contributed by atoms with Crippen molar-refractivity contribution in [2.75, 3.05) is 5.75 Å². The van der Waals surface area contributed by atoms with Crippen molar-refractivity contribution in [2.24, 2.45) is 0 Å². The van der Waals surface area contributed by atoms with Gasteiger partial charge in [0.25, 0.3) is 5.91 Å². The van der Waals surface area contributed by atoms with Crippen molar-refractivity contribution in [3.05, 3.63) is 56.7 Å². The lowest BCUT2D eigenvalue weighted by atomic mass is 10.2. The molecule has 0 aliphatic rings. The van der Waals surface area contributed by atoms with E-state index in [1.807, 2.05) is 17.5 Å². The van der Waals surface area contributed by atoms with Crippen molar-refractivity contribution < 1.29 is 9.59 Å². The molecule has 1 aromatic heterocycles. The van der Waals surface area contributed by atoms with E-state index in [0.717, 1.165) is 10.2 Å². The van der Waals surface area contributed by atoms with Crippen molar-refractivity contribution in [1.82, 2.24) is 10.9 Å². The maximum absolute atomic E-state index is 11.8. The van der Waals surface area contributed by atoms with Gasteiger partial charge in [0, 0.05) is 20.7 Å². The van der Waals surface area contributed by atoms with Crippen LogP contribution in [-0.2, 0) is 10.5 Å². The van der Waals surface area contributed by atoms with Crippen molar-refractivity contribution in [2.45, 2.75) is 5.75 Å². The quantitative estimate of drug-likeness (QED) is 0.778. The Hall–Kier alpha value is -1.31. The molecule has 2 aromatic rings. The normalized spacial score (nSPS) is 10.1. The zero-order valence-electron chi connectivity index (χ0n) is 11.0. The van der Waals surface area contributed by atoms with Gasteiger partial charge in [-0.25, -0.2) is 0 Å². The minimum Gasteiger partial charge on any atom is -0.272 e. The van der Waals surface area contributed by atoms with Crippen LogP contribution in [0.25, 0.3) is 0 Å². The van der Waals surface area contributed by atoms with Gasteiger partial charge in [0.15, 0.2) is 0 Å². The first kappa shape index (κ1) is 16.1. The molecule has 2 amide bonds. The number of thiophene rings is 1. The van der Waals surface area contributed by atoms with Gasteiger partial charge in [-0.1, -0.05) is 22.0 Å². The Morgan fingerprint density at radius 2 is 1.90 bits per heavy atom. The van der Waals surface area contributed by atoms with Gasteiger partial charge in [0.05, 0.1) is 5.75 Å². The number of carbonyl (C=O) groups excluding carboxylic acids is 2. The summed E-state index contributed by atoms with van der Waals surface area (Å²) >= 11 is 6.47. The van der Waals surface area contributed by atoms with Crippen LogP contribution in [0.5, 0.6) is 0 Å². The number of hydrazine groups is 1. The number of thioether (sulfide) groups is 1.